The summed E-state index contributed by atoms with van der Waals surface area (Å²) in [5, 5.41) is 40.0. The number of esters is 1. The van der Waals surface area contributed by atoms with E-state index in [-0.39, 0.29) is 44.7 Å². The number of rotatable bonds is 5. The van der Waals surface area contributed by atoms with Crippen LogP contribution >= 0.6 is 79.6 Å². The number of fused-ring (bicyclic) bond motifs is 2. The van der Waals surface area contributed by atoms with E-state index in [9.17, 15) is 33.8 Å². The minimum Gasteiger partial charge on any atom is -0.505 e. The van der Waals surface area contributed by atoms with Gasteiger partial charge in [0.2, 0.25) is 0 Å². The van der Waals surface area contributed by atoms with Crippen LogP contribution < -0.4 is 0 Å². The predicted molar refractivity (Wildman–Crippen MR) is 192 cm³/mol. The van der Waals surface area contributed by atoms with Crippen molar-refractivity contribution in [2.45, 2.75) is 6.92 Å². The van der Waals surface area contributed by atoms with Gasteiger partial charge in [0, 0.05) is 11.4 Å². The van der Waals surface area contributed by atoms with Crippen LogP contribution in [0.1, 0.15) is 33.6 Å². The lowest BCUT2D eigenvalue weighted by Crippen LogP contribution is -2.09. The molecule has 0 spiro atoms. The van der Waals surface area contributed by atoms with Gasteiger partial charge in [-0.15, -0.1) is 0 Å². The summed E-state index contributed by atoms with van der Waals surface area (Å²) in [5.74, 6) is -3.83. The highest BCUT2D eigenvalue weighted by Crippen LogP contribution is 2.45. The number of aromatic carboxylic acids is 1. The Kier molecular flexibility index (Phi) is 10.8. The average molecular weight is 992 g/mol. The van der Waals surface area contributed by atoms with E-state index in [0.717, 1.165) is 0 Å². The Hall–Kier alpha value is -3.89. The zero-order valence-electron chi connectivity index (χ0n) is 24.3. The number of carbonyl (C=O) groups is 2. The first-order chi connectivity index (χ1) is 23.2. The molecular formula is C31H16Br5F2N5O6. The van der Waals surface area contributed by atoms with Gasteiger partial charge >= 0.3 is 11.9 Å². The van der Waals surface area contributed by atoms with Gasteiger partial charge in [-0.25, -0.2) is 28.3 Å². The van der Waals surface area contributed by atoms with E-state index >= 15 is 0 Å². The molecule has 0 atom stereocenters. The van der Waals surface area contributed by atoms with Crippen molar-refractivity contribution in [3.8, 4) is 28.9 Å². The second-order valence-corrected chi connectivity index (χ2v) is 13.5. The molecule has 3 N–H and O–H groups in total. The summed E-state index contributed by atoms with van der Waals surface area (Å²) in [4.78, 5) is 31.1. The fourth-order valence-corrected chi connectivity index (χ4v) is 7.59. The first-order valence-corrected chi connectivity index (χ1v) is 17.4. The highest BCUT2D eigenvalue weighted by atomic mass is 79.9. The van der Waals surface area contributed by atoms with Gasteiger partial charge in [-0.3, -0.25) is 4.57 Å². The molecule has 49 heavy (non-hydrogen) atoms. The zero-order valence-corrected chi connectivity index (χ0v) is 32.2. The zero-order chi connectivity index (χ0) is 35.9. The van der Waals surface area contributed by atoms with Crippen molar-refractivity contribution in [2.75, 3.05) is 6.61 Å². The predicted octanol–water partition coefficient (Wildman–Crippen LogP) is 9.30. The molecule has 0 aliphatic carbocycles. The molecule has 250 valence electrons. The van der Waals surface area contributed by atoms with Crippen LogP contribution in [0.5, 0.6) is 11.5 Å². The molecule has 2 aromatic carbocycles. The summed E-state index contributed by atoms with van der Waals surface area (Å²) < 4.78 is 36.6. The molecule has 0 unspecified atom stereocenters. The van der Waals surface area contributed by atoms with Gasteiger partial charge in [-0.1, -0.05) is 0 Å². The molecule has 0 aliphatic rings. The number of carboxylic acids is 1. The molecule has 0 fully saturated rings. The number of benzene rings is 2. The normalized spacial score (nSPS) is 10.9. The number of halogens is 7. The maximum absolute atomic E-state index is 13.3. The molecule has 18 heteroatoms. The molecule has 4 aromatic heterocycles. The lowest BCUT2D eigenvalue weighted by atomic mass is 10.2. The van der Waals surface area contributed by atoms with Gasteiger partial charge in [0.15, 0.2) is 28.6 Å². The van der Waals surface area contributed by atoms with E-state index in [2.05, 4.69) is 89.6 Å². The minimum atomic E-state index is -1.34. The van der Waals surface area contributed by atoms with Gasteiger partial charge in [-0.2, -0.15) is 5.26 Å². The number of nitriles is 1. The molecule has 6 rings (SSSR count). The molecule has 4 heterocycles. The number of hydrogen-bond donors (Lipinski definition) is 3. The van der Waals surface area contributed by atoms with Crippen LogP contribution in [0.3, 0.4) is 0 Å². The van der Waals surface area contributed by atoms with Crippen LogP contribution in [0.25, 0.3) is 33.2 Å². The number of carbonyl (C=O) groups excluding carboxylic acids is 1. The monoisotopic (exact) mass is 987 g/mol. The average Bonchev–Trinajstić information content (AvgIpc) is 3.49. The highest BCUT2D eigenvalue weighted by molar-refractivity contribution is 9.13. The van der Waals surface area contributed by atoms with E-state index in [1.54, 1.807) is 28.2 Å². The Balaban J connectivity index is 0.000000192. The van der Waals surface area contributed by atoms with Crippen molar-refractivity contribution in [1.29, 1.82) is 5.26 Å². The number of nitrogens with zero attached hydrogens (tertiary/aromatic N) is 5. The van der Waals surface area contributed by atoms with Crippen LogP contribution in [0.4, 0.5) is 8.78 Å². The summed E-state index contributed by atoms with van der Waals surface area (Å²) in [6, 6.07) is 13.2. The fraction of sp³-hybridized carbons (Fsp3) is 0.0645. The van der Waals surface area contributed by atoms with Crippen molar-refractivity contribution in [1.82, 2.24) is 19.1 Å². The summed E-state index contributed by atoms with van der Waals surface area (Å²) in [5.41, 5.74) is 0.960. The number of ether oxygens (including phenoxy) is 1. The van der Waals surface area contributed by atoms with Crippen LogP contribution in [0.15, 0.2) is 71.3 Å². The van der Waals surface area contributed by atoms with Crippen molar-refractivity contribution in [3.05, 3.63) is 100 Å². The van der Waals surface area contributed by atoms with Gasteiger partial charge in [0.25, 0.3) is 0 Å². The third-order valence-corrected chi connectivity index (χ3v) is 11.5. The minimum absolute atomic E-state index is 0.0865. The maximum atomic E-state index is 13.3. The number of aromatic nitrogens is 4. The van der Waals surface area contributed by atoms with Gasteiger partial charge in [-0.05, 0) is 135 Å². The van der Waals surface area contributed by atoms with E-state index < -0.39 is 34.9 Å². The van der Waals surface area contributed by atoms with Crippen molar-refractivity contribution < 1.29 is 38.4 Å². The molecule has 0 bridgehead atoms. The van der Waals surface area contributed by atoms with Crippen LogP contribution in [-0.4, -0.2) is 53.0 Å². The lowest BCUT2D eigenvalue weighted by molar-refractivity contribution is 0.0515. The first-order valence-electron chi connectivity index (χ1n) is 13.5. The van der Waals surface area contributed by atoms with Crippen molar-refractivity contribution >= 4 is 113 Å². The number of hydrogen-bond acceptors (Lipinski definition) is 8. The third-order valence-electron chi connectivity index (χ3n) is 6.84. The lowest BCUT2D eigenvalue weighted by Gasteiger charge is -2.10. The standard InChI is InChI=1S/C17H10Br2FN3O3.C14H6Br3FN2O3/c1-2-26-17(25)13-15(24)11-12(18)16(19)23(14(11)10(7-21)22-13)9-5-3-8(20)4-6-9;15-8-7-10(12(16)19-9(11(7)21)14(22)23)20(13(8)17)6-3-1-5(18)2-4-6/h3-6,24H,2H2,1H3;1-4,21H,(H,22,23). The number of carboxylic acid groups (broad SMARTS) is 1. The van der Waals surface area contributed by atoms with Crippen LogP contribution in [-0.2, 0) is 4.74 Å². The van der Waals surface area contributed by atoms with Crippen molar-refractivity contribution in [3.63, 3.8) is 0 Å². The third kappa shape index (κ3) is 6.57. The Labute approximate surface area is 316 Å². The number of aromatic hydroxyl groups is 2. The Morgan fingerprint density at radius 3 is 1.69 bits per heavy atom. The summed E-state index contributed by atoms with van der Waals surface area (Å²) in [6.07, 6.45) is 0. The summed E-state index contributed by atoms with van der Waals surface area (Å²) >= 11 is 16.7. The topological polar surface area (TPSA) is 163 Å². The van der Waals surface area contributed by atoms with E-state index in [0.29, 0.717) is 35.0 Å². The maximum Gasteiger partial charge on any atom is 0.360 e. The summed E-state index contributed by atoms with van der Waals surface area (Å²) in [7, 11) is 0. The fourth-order valence-electron chi connectivity index (χ4n) is 4.77. The van der Waals surface area contributed by atoms with Crippen LogP contribution in [0, 0.1) is 23.0 Å². The quantitative estimate of drug-likeness (QED) is 0.113. The number of pyridine rings is 2. The first kappa shape index (κ1) is 36.4. The van der Waals surface area contributed by atoms with Gasteiger partial charge in [0.1, 0.15) is 31.5 Å². The molecule has 11 nitrogen and oxygen atoms in total. The molecule has 0 saturated heterocycles. The molecular weight excluding hydrogens is 976 g/mol. The molecule has 6 aromatic rings. The molecule has 0 saturated carbocycles. The van der Waals surface area contributed by atoms with E-state index in [4.69, 9.17) is 9.84 Å². The van der Waals surface area contributed by atoms with Gasteiger partial charge < -0.3 is 24.6 Å². The Morgan fingerprint density at radius 1 is 0.796 bits per heavy atom. The Morgan fingerprint density at radius 2 is 1.24 bits per heavy atom. The molecule has 0 radical (unpaired) electrons. The summed E-state index contributed by atoms with van der Waals surface area (Å²) in [6.45, 7) is 1.72. The smallest absolute Gasteiger partial charge is 0.360 e. The van der Waals surface area contributed by atoms with E-state index in [1.807, 2.05) is 6.07 Å². The van der Waals surface area contributed by atoms with Gasteiger partial charge in [0.05, 0.1) is 37.4 Å². The van der Waals surface area contributed by atoms with Crippen molar-refractivity contribution in [2.24, 2.45) is 0 Å². The van der Waals surface area contributed by atoms with Crippen LogP contribution in [0.2, 0.25) is 0 Å². The largest absolute Gasteiger partial charge is 0.505 e. The Bertz CT molecular complexity index is 2360. The van der Waals surface area contributed by atoms with E-state index in [1.165, 1.54) is 36.4 Å². The second-order valence-electron chi connectivity index (χ2n) is 9.68. The second kappa shape index (κ2) is 14.5. The molecule has 0 aliphatic heterocycles. The SMILES string of the molecule is CCOC(=O)c1nc(C#N)c2c(c1O)c(Br)c(Br)n2-c1ccc(F)cc1.O=C(O)c1nc(Br)c2c(c1O)c(Br)c(Br)n2-c1ccc(F)cc1. The highest BCUT2D eigenvalue weighted by Gasteiger charge is 2.28. The molecule has 0 amide bonds.